The van der Waals surface area contributed by atoms with E-state index in [9.17, 15) is 18.0 Å². The number of carbonyl (C=O) groups is 2. The number of hydrogen-bond donors (Lipinski definition) is 2. The van der Waals surface area contributed by atoms with E-state index in [4.69, 9.17) is 0 Å². The molecule has 2 aromatic rings. The van der Waals surface area contributed by atoms with Gasteiger partial charge in [-0.05, 0) is 60.6 Å². The molecule has 0 aliphatic carbocycles. The van der Waals surface area contributed by atoms with Gasteiger partial charge in [0.25, 0.3) is 15.9 Å². The molecule has 0 bridgehead atoms. The molecule has 0 radical (unpaired) electrons. The first kappa shape index (κ1) is 26.7. The number of amides is 2. The summed E-state index contributed by atoms with van der Waals surface area (Å²) in [5.41, 5.74) is 1.68. The van der Waals surface area contributed by atoms with Crippen molar-refractivity contribution >= 4 is 27.5 Å². The van der Waals surface area contributed by atoms with Crippen LogP contribution in [0.1, 0.15) is 69.3 Å². The Labute approximate surface area is 209 Å². The van der Waals surface area contributed by atoms with Crippen LogP contribution in [0.15, 0.2) is 53.4 Å². The maximum absolute atomic E-state index is 13.2. The van der Waals surface area contributed by atoms with Crippen molar-refractivity contribution in [1.82, 2.24) is 10.2 Å². The average Bonchev–Trinajstić information content (AvgIpc) is 2.83. The molecule has 1 heterocycles. The van der Waals surface area contributed by atoms with Crippen molar-refractivity contribution in [1.29, 1.82) is 0 Å². The molecule has 1 atom stereocenters. The molecule has 1 fully saturated rings. The van der Waals surface area contributed by atoms with E-state index in [1.54, 1.807) is 41.3 Å². The molecule has 8 heteroatoms. The second kappa shape index (κ2) is 11.2. The van der Waals surface area contributed by atoms with Crippen LogP contribution in [0.3, 0.4) is 0 Å². The Morgan fingerprint density at radius 2 is 1.80 bits per heavy atom. The van der Waals surface area contributed by atoms with Crippen LogP contribution >= 0.6 is 0 Å². The van der Waals surface area contributed by atoms with Crippen LogP contribution in [0.4, 0.5) is 5.69 Å². The van der Waals surface area contributed by atoms with Gasteiger partial charge >= 0.3 is 0 Å². The van der Waals surface area contributed by atoms with E-state index in [2.05, 4.69) is 37.7 Å². The normalized spacial score (nSPS) is 16.6. The molecule has 190 valence electrons. The van der Waals surface area contributed by atoms with Crippen LogP contribution in [0.2, 0.25) is 0 Å². The average molecular weight is 500 g/mol. The maximum Gasteiger partial charge on any atom is 0.261 e. The van der Waals surface area contributed by atoms with Gasteiger partial charge in [-0.2, -0.15) is 0 Å². The molecule has 0 saturated carbocycles. The predicted octanol–water partition coefficient (Wildman–Crippen LogP) is 4.55. The molecule has 2 aromatic carbocycles. The summed E-state index contributed by atoms with van der Waals surface area (Å²) in [7, 11) is -3.80. The highest BCUT2D eigenvalue weighted by molar-refractivity contribution is 7.92. The van der Waals surface area contributed by atoms with Crippen LogP contribution < -0.4 is 10.0 Å². The number of benzene rings is 2. The lowest BCUT2D eigenvalue weighted by molar-refractivity contribution is -0.126. The highest BCUT2D eigenvalue weighted by Gasteiger charge is 2.29. The fourth-order valence-electron chi connectivity index (χ4n) is 4.15. The summed E-state index contributed by atoms with van der Waals surface area (Å²) in [4.78, 5) is 27.5. The lowest BCUT2D eigenvalue weighted by atomic mass is 9.87. The van der Waals surface area contributed by atoms with Crippen molar-refractivity contribution in [2.45, 2.75) is 63.7 Å². The third-order valence-corrected chi connectivity index (χ3v) is 7.70. The maximum atomic E-state index is 13.2. The largest absolute Gasteiger partial charge is 0.356 e. The molecular weight excluding hydrogens is 462 g/mol. The monoisotopic (exact) mass is 499 g/mol. The predicted molar refractivity (Wildman–Crippen MR) is 139 cm³/mol. The molecule has 0 spiro atoms. The first-order valence-electron chi connectivity index (χ1n) is 12.3. The van der Waals surface area contributed by atoms with Crippen LogP contribution in [0.25, 0.3) is 0 Å². The number of likely N-dealkylation sites (tertiary alicyclic amines) is 1. The number of hydrogen-bond acceptors (Lipinski definition) is 4. The Hall–Kier alpha value is -2.87. The van der Waals surface area contributed by atoms with Gasteiger partial charge in [-0.25, -0.2) is 8.42 Å². The standard InChI is InChI=1S/C27H37N3O4S/c1-5-6-16-28-25(31)21-10-8-17-30(19-21)26(32)20-9-7-11-23(18-20)29-35(33,34)24-14-12-22(13-15-24)27(2,3)4/h7,9,11-15,18,21,29H,5-6,8,10,16-17,19H2,1-4H3,(H,28,31)/t21-/m1/s1. The number of nitrogens with one attached hydrogen (secondary N) is 2. The number of nitrogens with zero attached hydrogens (tertiary/aromatic N) is 1. The zero-order valence-electron chi connectivity index (χ0n) is 21.1. The zero-order chi connectivity index (χ0) is 25.6. The summed E-state index contributed by atoms with van der Waals surface area (Å²) < 4.78 is 28.4. The molecule has 0 unspecified atom stereocenters. The second-order valence-corrected chi connectivity index (χ2v) is 11.9. The molecule has 35 heavy (non-hydrogen) atoms. The number of unbranched alkanes of at least 4 members (excludes halogenated alkanes) is 1. The van der Waals surface area contributed by atoms with Crippen LogP contribution in [-0.2, 0) is 20.2 Å². The van der Waals surface area contributed by atoms with Crippen molar-refractivity contribution in [3.63, 3.8) is 0 Å². The lowest BCUT2D eigenvalue weighted by Gasteiger charge is -2.32. The minimum absolute atomic E-state index is 0.00469. The Bertz CT molecular complexity index is 1140. The molecule has 0 aromatic heterocycles. The minimum atomic E-state index is -3.80. The van der Waals surface area contributed by atoms with E-state index in [-0.39, 0.29) is 28.0 Å². The fraction of sp³-hybridized carbons (Fsp3) is 0.481. The Balaban J connectivity index is 1.69. The van der Waals surface area contributed by atoms with E-state index < -0.39 is 10.0 Å². The highest BCUT2D eigenvalue weighted by atomic mass is 32.2. The van der Waals surface area contributed by atoms with Crippen molar-refractivity contribution in [3.05, 3.63) is 59.7 Å². The summed E-state index contributed by atoms with van der Waals surface area (Å²) in [6, 6.07) is 13.3. The number of rotatable bonds is 8. The summed E-state index contributed by atoms with van der Waals surface area (Å²) in [5, 5.41) is 2.96. The van der Waals surface area contributed by atoms with E-state index in [0.29, 0.717) is 30.9 Å². The van der Waals surface area contributed by atoms with Crippen LogP contribution in [-0.4, -0.2) is 44.8 Å². The summed E-state index contributed by atoms with van der Waals surface area (Å²) in [5.74, 6) is -0.427. The first-order valence-corrected chi connectivity index (χ1v) is 13.8. The Morgan fingerprint density at radius 3 is 2.46 bits per heavy atom. The van der Waals surface area contributed by atoms with Crippen LogP contribution in [0.5, 0.6) is 0 Å². The van der Waals surface area contributed by atoms with E-state index in [1.807, 2.05) is 12.1 Å². The van der Waals surface area contributed by atoms with E-state index in [0.717, 1.165) is 31.2 Å². The Morgan fingerprint density at radius 1 is 1.09 bits per heavy atom. The van der Waals surface area contributed by atoms with Gasteiger partial charge in [-0.15, -0.1) is 0 Å². The first-order chi connectivity index (χ1) is 16.5. The van der Waals surface area contributed by atoms with Gasteiger partial charge in [-0.3, -0.25) is 14.3 Å². The third-order valence-electron chi connectivity index (χ3n) is 6.30. The van der Waals surface area contributed by atoms with Gasteiger partial charge in [0, 0.05) is 30.9 Å². The molecule has 2 N–H and O–H groups in total. The van der Waals surface area contributed by atoms with Crippen molar-refractivity contribution < 1.29 is 18.0 Å². The number of anilines is 1. The topological polar surface area (TPSA) is 95.6 Å². The van der Waals surface area contributed by atoms with Crippen LogP contribution in [0, 0.1) is 5.92 Å². The molecular formula is C27H37N3O4S. The Kier molecular flexibility index (Phi) is 8.59. The number of piperidine rings is 1. The van der Waals surface area contributed by atoms with Crippen molar-refractivity contribution in [2.75, 3.05) is 24.4 Å². The van der Waals surface area contributed by atoms with Gasteiger partial charge in [0.05, 0.1) is 10.8 Å². The summed E-state index contributed by atoms with van der Waals surface area (Å²) in [6.07, 6.45) is 3.46. The summed E-state index contributed by atoms with van der Waals surface area (Å²) >= 11 is 0. The van der Waals surface area contributed by atoms with Gasteiger partial charge in [0.1, 0.15) is 0 Å². The minimum Gasteiger partial charge on any atom is -0.356 e. The van der Waals surface area contributed by atoms with Gasteiger partial charge in [0.15, 0.2) is 0 Å². The second-order valence-electron chi connectivity index (χ2n) is 10.2. The van der Waals surface area contributed by atoms with E-state index in [1.165, 1.54) is 0 Å². The fourth-order valence-corrected chi connectivity index (χ4v) is 5.20. The lowest BCUT2D eigenvalue weighted by Crippen LogP contribution is -2.45. The third kappa shape index (κ3) is 7.07. The van der Waals surface area contributed by atoms with Crippen molar-refractivity contribution in [3.8, 4) is 0 Å². The quantitative estimate of drug-likeness (QED) is 0.521. The molecule has 7 nitrogen and oxygen atoms in total. The molecule has 2 amide bonds. The van der Waals surface area contributed by atoms with Gasteiger partial charge in [-0.1, -0.05) is 52.3 Å². The van der Waals surface area contributed by atoms with E-state index >= 15 is 0 Å². The number of carbonyl (C=O) groups excluding carboxylic acids is 2. The molecule has 1 aliphatic rings. The highest BCUT2D eigenvalue weighted by Crippen LogP contribution is 2.25. The molecule has 1 aliphatic heterocycles. The molecule has 1 saturated heterocycles. The molecule has 3 rings (SSSR count). The van der Waals surface area contributed by atoms with Gasteiger partial charge in [0.2, 0.25) is 5.91 Å². The SMILES string of the molecule is CCCCNC(=O)[C@@H]1CCCN(C(=O)c2cccc(NS(=O)(=O)c3ccc(C(C)(C)C)cc3)c2)C1. The number of sulfonamides is 1. The zero-order valence-corrected chi connectivity index (χ0v) is 22.0. The smallest absolute Gasteiger partial charge is 0.261 e. The van der Waals surface area contributed by atoms with Crippen molar-refractivity contribution in [2.24, 2.45) is 5.92 Å². The van der Waals surface area contributed by atoms with Gasteiger partial charge < -0.3 is 10.2 Å². The summed E-state index contributed by atoms with van der Waals surface area (Å²) in [6.45, 7) is 9.88.